The van der Waals surface area contributed by atoms with Crippen molar-refractivity contribution in [3.8, 4) is 11.6 Å². The van der Waals surface area contributed by atoms with Crippen molar-refractivity contribution in [2.45, 2.75) is 44.9 Å². The second kappa shape index (κ2) is 8.72. The molecule has 1 aliphatic carbocycles. The number of sulfonamides is 1. The first-order chi connectivity index (χ1) is 15.3. The molecule has 0 saturated carbocycles. The lowest BCUT2D eigenvalue weighted by Crippen LogP contribution is -2.30. The van der Waals surface area contributed by atoms with Gasteiger partial charge in [-0.25, -0.2) is 18.4 Å². The van der Waals surface area contributed by atoms with E-state index in [9.17, 15) is 18.5 Å². The van der Waals surface area contributed by atoms with Gasteiger partial charge in [-0.05, 0) is 42.9 Å². The van der Waals surface area contributed by atoms with Crippen LogP contribution in [0, 0.1) is 16.0 Å². The van der Waals surface area contributed by atoms with Crippen molar-refractivity contribution >= 4 is 37.3 Å². The molecule has 0 N–H and O–H groups in total. The molecule has 4 rings (SSSR count). The van der Waals surface area contributed by atoms with E-state index >= 15 is 0 Å². The summed E-state index contributed by atoms with van der Waals surface area (Å²) in [6, 6.07) is 3.70. The van der Waals surface area contributed by atoms with Crippen LogP contribution in [0.4, 0.5) is 5.69 Å². The Balaban J connectivity index is 1.77. The molecule has 170 valence electrons. The van der Waals surface area contributed by atoms with E-state index in [1.807, 2.05) is 0 Å². The Morgan fingerprint density at radius 2 is 2.03 bits per heavy atom. The number of rotatable bonds is 7. The highest BCUT2D eigenvalue weighted by molar-refractivity contribution is 7.89. The van der Waals surface area contributed by atoms with E-state index in [4.69, 9.17) is 4.74 Å². The molecule has 32 heavy (non-hydrogen) atoms. The molecule has 0 amide bonds. The van der Waals surface area contributed by atoms with Crippen LogP contribution >= 0.6 is 11.3 Å². The van der Waals surface area contributed by atoms with E-state index in [-0.39, 0.29) is 29.6 Å². The maximum Gasteiger partial charge on any atom is 0.312 e. The average Bonchev–Trinajstić information content (AvgIpc) is 3.12. The molecule has 1 unspecified atom stereocenters. The summed E-state index contributed by atoms with van der Waals surface area (Å²) in [6.07, 6.45) is 4.27. The summed E-state index contributed by atoms with van der Waals surface area (Å²) in [5.74, 6) is 0.788. The lowest BCUT2D eigenvalue weighted by molar-refractivity contribution is -0.385. The molecule has 11 heteroatoms. The lowest BCUT2D eigenvalue weighted by atomic mass is 9.89. The molecule has 0 bridgehead atoms. The predicted molar refractivity (Wildman–Crippen MR) is 122 cm³/mol. The highest BCUT2D eigenvalue weighted by Gasteiger charge is 2.28. The summed E-state index contributed by atoms with van der Waals surface area (Å²) in [6.45, 7) is 6.19. The van der Waals surface area contributed by atoms with E-state index in [2.05, 4.69) is 16.9 Å². The Labute approximate surface area is 190 Å². The molecule has 0 radical (unpaired) electrons. The summed E-state index contributed by atoms with van der Waals surface area (Å²) in [5.41, 5.74) is 0.713. The van der Waals surface area contributed by atoms with Gasteiger partial charge in [0.05, 0.1) is 15.2 Å². The van der Waals surface area contributed by atoms with Gasteiger partial charge >= 0.3 is 5.69 Å². The molecule has 1 atom stereocenters. The molecule has 0 saturated heterocycles. The van der Waals surface area contributed by atoms with Gasteiger partial charge in [-0.3, -0.25) is 10.1 Å². The summed E-state index contributed by atoms with van der Waals surface area (Å²) >= 11 is 1.60. The first-order valence-corrected chi connectivity index (χ1v) is 12.7. The molecule has 2 aromatic heterocycles. The number of ether oxygens (including phenoxy) is 1. The summed E-state index contributed by atoms with van der Waals surface area (Å²) in [4.78, 5) is 21.6. The van der Waals surface area contributed by atoms with Crippen LogP contribution in [0.15, 0.2) is 29.4 Å². The van der Waals surface area contributed by atoms with Crippen LogP contribution in [0.2, 0.25) is 0 Å². The van der Waals surface area contributed by atoms with Gasteiger partial charge in [-0.1, -0.05) is 20.8 Å². The average molecular weight is 477 g/mol. The van der Waals surface area contributed by atoms with Crippen molar-refractivity contribution in [2.24, 2.45) is 5.92 Å². The Bertz CT molecular complexity index is 1280. The summed E-state index contributed by atoms with van der Waals surface area (Å²) in [5, 5.41) is 12.6. The molecule has 0 spiro atoms. The van der Waals surface area contributed by atoms with Gasteiger partial charge < -0.3 is 4.74 Å². The highest BCUT2D eigenvalue weighted by atomic mass is 32.2. The number of hydrogen-bond acceptors (Lipinski definition) is 8. The smallest absolute Gasteiger partial charge is 0.312 e. The van der Waals surface area contributed by atoms with Gasteiger partial charge in [0.25, 0.3) is 0 Å². The molecule has 3 aromatic rings. The zero-order valence-electron chi connectivity index (χ0n) is 18.1. The standard InChI is InChI=1S/C21H24N4O5S2/c1-4-24(5-2)32(28,29)14-7-9-17(16(11-14)25(26)27)30-20-19-15-8-6-13(3)10-18(15)31-21(19)23-12-22-20/h7,9,11-13H,4-6,8,10H2,1-3H3. The van der Waals surface area contributed by atoms with Crippen LogP contribution in [0.1, 0.15) is 37.6 Å². The third kappa shape index (κ3) is 3.96. The minimum Gasteiger partial charge on any atom is -0.431 e. The predicted octanol–water partition coefficient (Wildman–Crippen LogP) is 4.55. The molecular weight excluding hydrogens is 452 g/mol. The number of aromatic nitrogens is 2. The van der Waals surface area contributed by atoms with E-state index in [1.165, 1.54) is 27.6 Å². The third-order valence-corrected chi connectivity index (χ3v) is 8.94. The van der Waals surface area contributed by atoms with E-state index in [0.29, 0.717) is 5.92 Å². The number of benzene rings is 1. The lowest BCUT2D eigenvalue weighted by Gasteiger charge is -2.19. The fourth-order valence-electron chi connectivity index (χ4n) is 4.03. The number of nitro benzene ring substituents is 1. The molecule has 1 aromatic carbocycles. The van der Waals surface area contributed by atoms with Crippen molar-refractivity contribution in [1.82, 2.24) is 14.3 Å². The second-order valence-corrected chi connectivity index (χ2v) is 10.8. The van der Waals surface area contributed by atoms with Crippen LogP contribution in [0.5, 0.6) is 11.6 Å². The zero-order chi connectivity index (χ0) is 23.0. The first-order valence-electron chi connectivity index (χ1n) is 10.5. The Morgan fingerprint density at radius 1 is 1.28 bits per heavy atom. The van der Waals surface area contributed by atoms with Crippen LogP contribution < -0.4 is 4.74 Å². The summed E-state index contributed by atoms with van der Waals surface area (Å²) < 4.78 is 32.8. The SMILES string of the molecule is CCN(CC)S(=O)(=O)c1ccc(Oc2ncnc3sc4c(c23)CCC(C)C4)c([N+](=O)[O-])c1. The minimum absolute atomic E-state index is 0.0578. The third-order valence-electron chi connectivity index (χ3n) is 5.73. The van der Waals surface area contributed by atoms with Gasteiger partial charge in [-0.15, -0.1) is 11.3 Å². The molecule has 1 aliphatic rings. The normalized spacial score (nSPS) is 16.3. The van der Waals surface area contributed by atoms with Crippen LogP contribution in [-0.2, 0) is 22.9 Å². The van der Waals surface area contributed by atoms with Crippen LogP contribution in [0.3, 0.4) is 0 Å². The monoisotopic (exact) mass is 476 g/mol. The Hall–Kier alpha value is -2.63. The van der Waals surface area contributed by atoms with Crippen LogP contribution in [-0.4, -0.2) is 40.7 Å². The van der Waals surface area contributed by atoms with E-state index < -0.39 is 20.6 Å². The molecular formula is C21H24N4O5S2. The second-order valence-electron chi connectivity index (χ2n) is 7.79. The zero-order valence-corrected chi connectivity index (χ0v) is 19.7. The van der Waals surface area contributed by atoms with Crippen molar-refractivity contribution in [2.75, 3.05) is 13.1 Å². The van der Waals surface area contributed by atoms with Gasteiger partial charge in [0.1, 0.15) is 11.2 Å². The van der Waals surface area contributed by atoms with Crippen molar-refractivity contribution in [3.05, 3.63) is 45.1 Å². The van der Waals surface area contributed by atoms with Gasteiger partial charge in [0.2, 0.25) is 21.7 Å². The number of fused-ring (bicyclic) bond motifs is 3. The van der Waals surface area contributed by atoms with Gasteiger partial charge in [-0.2, -0.15) is 4.31 Å². The number of nitrogens with zero attached hydrogens (tertiary/aromatic N) is 4. The van der Waals surface area contributed by atoms with Crippen molar-refractivity contribution in [3.63, 3.8) is 0 Å². The maximum absolute atomic E-state index is 12.8. The summed E-state index contributed by atoms with van der Waals surface area (Å²) in [7, 11) is -3.84. The van der Waals surface area contributed by atoms with E-state index in [1.54, 1.807) is 25.2 Å². The molecule has 0 fully saturated rings. The largest absolute Gasteiger partial charge is 0.431 e. The molecule has 9 nitrogen and oxygen atoms in total. The highest BCUT2D eigenvalue weighted by Crippen LogP contribution is 2.42. The quantitative estimate of drug-likeness (QED) is 0.363. The topological polar surface area (TPSA) is 116 Å². The van der Waals surface area contributed by atoms with Crippen molar-refractivity contribution < 1.29 is 18.1 Å². The Kier molecular flexibility index (Phi) is 6.15. The first kappa shape index (κ1) is 22.6. The van der Waals surface area contributed by atoms with Gasteiger partial charge in [0.15, 0.2) is 0 Å². The molecule has 0 aliphatic heterocycles. The molecule has 2 heterocycles. The number of nitro groups is 1. The number of aryl methyl sites for hydroxylation is 1. The fraction of sp³-hybridized carbons (Fsp3) is 0.429. The van der Waals surface area contributed by atoms with E-state index in [0.717, 1.165) is 41.1 Å². The maximum atomic E-state index is 12.8. The minimum atomic E-state index is -3.84. The fourth-order valence-corrected chi connectivity index (χ4v) is 6.85. The Morgan fingerprint density at radius 3 is 2.72 bits per heavy atom. The van der Waals surface area contributed by atoms with Crippen molar-refractivity contribution in [1.29, 1.82) is 0 Å². The number of thiophene rings is 1. The van der Waals surface area contributed by atoms with Crippen LogP contribution in [0.25, 0.3) is 10.2 Å². The van der Waals surface area contributed by atoms with Gasteiger partial charge in [0, 0.05) is 24.0 Å². The number of hydrogen-bond donors (Lipinski definition) is 0.